The van der Waals surface area contributed by atoms with E-state index in [1.807, 2.05) is 0 Å². The van der Waals surface area contributed by atoms with E-state index in [4.69, 9.17) is 42.6 Å². The highest BCUT2D eigenvalue weighted by Crippen LogP contribution is 2.64. The predicted octanol–water partition coefficient (Wildman–Crippen LogP) is -3.34. The van der Waals surface area contributed by atoms with Gasteiger partial charge in [-0.1, -0.05) is 60.1 Å². The van der Waals surface area contributed by atoms with Gasteiger partial charge in [0.05, 0.1) is 95.6 Å². The molecule has 4 saturated heterocycles. The molecule has 0 radical (unpaired) electrons. The Labute approximate surface area is 557 Å². The molecule has 22 unspecified atom stereocenters. The van der Waals surface area contributed by atoms with Crippen LogP contribution >= 0.6 is 0 Å². The second-order valence-corrected chi connectivity index (χ2v) is 32.0. The van der Waals surface area contributed by atoms with Crippen molar-refractivity contribution < 1.29 is 140 Å². The minimum Gasteiger partial charge on any atom is -0.394 e. The van der Waals surface area contributed by atoms with Crippen molar-refractivity contribution in [1.29, 1.82) is 0 Å². The number of allylic oxidation sites excluding steroid dienone is 1. The van der Waals surface area contributed by atoms with Gasteiger partial charge < -0.3 is 140 Å². The van der Waals surface area contributed by atoms with Crippen molar-refractivity contribution in [3.63, 3.8) is 0 Å². The van der Waals surface area contributed by atoms with Crippen molar-refractivity contribution in [1.82, 2.24) is 0 Å². The number of ether oxygens (including phenoxy) is 9. The number of aliphatic hydroxyl groups excluding tert-OH is 18. The maximum Gasteiger partial charge on any atom is 0.195 e. The van der Waals surface area contributed by atoms with Crippen LogP contribution in [0.3, 0.4) is 0 Å². The topological polar surface area (TPSA) is 467 Å². The van der Waals surface area contributed by atoms with Gasteiger partial charge in [0.2, 0.25) is 0 Å². The molecule has 28 heteroatoms. The Morgan fingerprint density at radius 3 is 1.64 bits per heavy atom. The number of hydrogen-bond acceptors (Lipinski definition) is 28. The molecule has 95 heavy (non-hydrogen) atoms. The minimum atomic E-state index is -2.22. The van der Waals surface area contributed by atoms with Gasteiger partial charge in [0.15, 0.2) is 5.79 Å². The number of fused-ring (bicyclic) bond motifs is 3. The first kappa shape index (κ1) is 79.3. The van der Waals surface area contributed by atoms with Gasteiger partial charge in [0.25, 0.3) is 0 Å². The largest absolute Gasteiger partial charge is 0.394 e. The fourth-order valence-corrected chi connectivity index (χ4v) is 17.7. The third-order valence-corrected chi connectivity index (χ3v) is 24.5. The van der Waals surface area contributed by atoms with Gasteiger partial charge in [-0.2, -0.15) is 0 Å². The number of rotatable bonds is 25. The van der Waals surface area contributed by atoms with E-state index in [-0.39, 0.29) is 67.9 Å². The molecule has 8 aliphatic rings. The predicted molar refractivity (Wildman–Crippen MR) is 334 cm³/mol. The average molecular weight is 1370 g/mol. The maximum atomic E-state index is 12.6. The van der Waals surface area contributed by atoms with Crippen LogP contribution in [0.5, 0.6) is 0 Å². The van der Waals surface area contributed by atoms with Crippen LogP contribution in [0.25, 0.3) is 0 Å². The SMILES string of the molecule is CC(CCC(OC[C@H]1OC(COCC2(C)OC(CO)[C@H](O)C(O)[C@H]2O)[C@H](O)C(O)[C@H]1O[C@@]1(C)OC(CO)[C@H](O)C(O)[C@H]1O)C(C)(C)O)C(C)C1CC(O)C2(C)C3CCC(OC[C@]4(C)CC(COCC5(C)OC(CO)[C@@H](O)[C@@H](O)C5O)[C@@H](O)[C@@H](O)C4O)C(C)(C)C3=CCC2C1C. The van der Waals surface area contributed by atoms with E-state index in [2.05, 4.69) is 47.6 Å². The second-order valence-electron chi connectivity index (χ2n) is 32.0. The van der Waals surface area contributed by atoms with E-state index >= 15 is 0 Å². The van der Waals surface area contributed by atoms with Crippen LogP contribution < -0.4 is 0 Å². The van der Waals surface area contributed by atoms with Gasteiger partial charge >= 0.3 is 0 Å². The van der Waals surface area contributed by atoms with Crippen LogP contribution in [0.4, 0.5) is 0 Å². The lowest BCUT2D eigenvalue weighted by molar-refractivity contribution is -0.391. The summed E-state index contributed by atoms with van der Waals surface area (Å²) in [7, 11) is 0. The van der Waals surface area contributed by atoms with Gasteiger partial charge in [0.1, 0.15) is 121 Å². The van der Waals surface area contributed by atoms with Crippen LogP contribution in [-0.2, 0) is 42.6 Å². The third kappa shape index (κ3) is 15.5. The molecule has 4 aliphatic carbocycles. The summed E-state index contributed by atoms with van der Waals surface area (Å²) in [6, 6.07) is 0. The summed E-state index contributed by atoms with van der Waals surface area (Å²) in [5.41, 5.74) is -5.45. The summed E-state index contributed by atoms with van der Waals surface area (Å²) in [5.74, 6) is -2.31. The second kappa shape index (κ2) is 30.5. The summed E-state index contributed by atoms with van der Waals surface area (Å²) in [5, 5.41) is 207. The van der Waals surface area contributed by atoms with Gasteiger partial charge in [0, 0.05) is 22.2 Å². The zero-order valence-corrected chi connectivity index (χ0v) is 57.4. The lowest BCUT2D eigenvalue weighted by Gasteiger charge is -2.62. The molecule has 0 bridgehead atoms. The molecule has 19 N–H and O–H groups in total. The molecule has 0 aromatic rings. The van der Waals surface area contributed by atoms with Crippen LogP contribution in [0.15, 0.2) is 11.6 Å². The van der Waals surface area contributed by atoms with E-state index in [0.29, 0.717) is 25.7 Å². The van der Waals surface area contributed by atoms with Gasteiger partial charge in [-0.05, 0) is 115 Å². The van der Waals surface area contributed by atoms with E-state index in [1.165, 1.54) is 26.3 Å². The molecular weight excluding hydrogens is 1250 g/mol. The highest BCUT2D eigenvalue weighted by molar-refractivity contribution is 5.29. The monoisotopic (exact) mass is 1370 g/mol. The van der Waals surface area contributed by atoms with Crippen molar-refractivity contribution in [2.24, 2.45) is 57.7 Å². The molecule has 554 valence electrons. The molecule has 3 saturated carbocycles. The molecule has 0 aromatic heterocycles. The number of hydrogen-bond donors (Lipinski definition) is 19. The molecule has 4 heterocycles. The molecule has 0 aromatic carbocycles. The van der Waals surface area contributed by atoms with E-state index in [9.17, 15) is 97.0 Å². The van der Waals surface area contributed by atoms with Gasteiger partial charge in [-0.3, -0.25) is 0 Å². The van der Waals surface area contributed by atoms with E-state index in [0.717, 1.165) is 12.8 Å². The summed E-state index contributed by atoms with van der Waals surface area (Å²) in [6.07, 6.45) is -27.0. The zero-order valence-electron chi connectivity index (χ0n) is 57.4. The van der Waals surface area contributed by atoms with E-state index in [1.54, 1.807) is 20.8 Å². The molecule has 7 fully saturated rings. The first-order chi connectivity index (χ1) is 44.1. The highest BCUT2D eigenvalue weighted by atomic mass is 16.7. The van der Waals surface area contributed by atoms with E-state index < -0.39 is 219 Å². The Morgan fingerprint density at radius 2 is 1.09 bits per heavy atom. The molecular formula is C67H118O28. The van der Waals surface area contributed by atoms with Gasteiger partial charge in [-0.25, -0.2) is 0 Å². The normalized spacial score (nSPS) is 49.8. The fourth-order valence-electron chi connectivity index (χ4n) is 17.7. The third-order valence-electron chi connectivity index (χ3n) is 24.5. The Morgan fingerprint density at radius 1 is 0.579 bits per heavy atom. The Balaban J connectivity index is 0.903. The first-order valence-electron chi connectivity index (χ1n) is 34.3. The summed E-state index contributed by atoms with van der Waals surface area (Å²) in [6.45, 7) is 18.5. The minimum absolute atomic E-state index is 0.0391. The first-order valence-corrected chi connectivity index (χ1v) is 34.3. The van der Waals surface area contributed by atoms with Crippen molar-refractivity contribution in [3.8, 4) is 0 Å². The quantitative estimate of drug-likeness (QED) is 0.0397. The van der Waals surface area contributed by atoms with Crippen molar-refractivity contribution in [2.45, 2.75) is 291 Å². The number of aliphatic hydroxyl groups is 19. The van der Waals surface area contributed by atoms with Crippen LogP contribution in [0.2, 0.25) is 0 Å². The molecule has 28 nitrogen and oxygen atoms in total. The molecule has 0 amide bonds. The lowest BCUT2D eigenvalue weighted by Crippen LogP contribution is -2.69. The van der Waals surface area contributed by atoms with Gasteiger partial charge in [-0.15, -0.1) is 0 Å². The average Bonchev–Trinajstić information content (AvgIpc) is 0.711. The van der Waals surface area contributed by atoms with Crippen LogP contribution in [0, 0.1) is 57.7 Å². The summed E-state index contributed by atoms with van der Waals surface area (Å²) in [4.78, 5) is 0. The molecule has 0 spiro atoms. The van der Waals surface area contributed by atoms with Crippen molar-refractivity contribution in [2.75, 3.05) is 59.5 Å². The zero-order chi connectivity index (χ0) is 70.8. The lowest BCUT2D eigenvalue weighted by atomic mass is 9.44. The van der Waals surface area contributed by atoms with Crippen LogP contribution in [-0.4, -0.2) is 319 Å². The Hall–Kier alpha value is -1.38. The highest BCUT2D eigenvalue weighted by Gasteiger charge is 2.62. The Kier molecular flexibility index (Phi) is 25.5. The Bertz CT molecular complexity index is 2490. The molecule has 8 rings (SSSR count). The van der Waals surface area contributed by atoms with Crippen molar-refractivity contribution in [3.05, 3.63) is 11.6 Å². The standard InChI is InChI=1S/C67H118O28/c1-30(13-17-45(62(6,7)86)89-26-42-56(95-67(12)60(85)55(81)49(75)40(23-70)94-67)51(77)50(76)41(91-42)25-88-29-65(10)59(84)54(80)48(74)39(22-69)93-65)31(2)34-19-43(71)66(11)35(32(34)3)14-15-36-37(66)16-18-44(61(36,4)5)90-27-63(8)20-33(46(72)52(78)57(63)82)24-87-28-64(9)58(83)53(79)47(73)38(21-68)92-64/h15,30-35,37-60,68-86H,13-14,16-29H2,1-12H3/t30?,31?,32?,33?,34?,35?,37?,38?,39?,40?,41?,42-,43?,44?,45?,46-,47-,48+,49+,50+,51?,52-,53-,54?,55?,56+,57?,58?,59-,60-,63+,64?,65?,66?,67-/m1/s1. The molecule has 4 aliphatic heterocycles. The smallest absolute Gasteiger partial charge is 0.195 e. The van der Waals surface area contributed by atoms with Crippen LogP contribution in [0.1, 0.15) is 128 Å². The summed E-state index contributed by atoms with van der Waals surface area (Å²) < 4.78 is 55.1. The molecule has 35 atom stereocenters. The maximum absolute atomic E-state index is 12.6. The van der Waals surface area contributed by atoms with Crippen molar-refractivity contribution >= 4 is 0 Å². The summed E-state index contributed by atoms with van der Waals surface area (Å²) >= 11 is 0. The fraction of sp³-hybridized carbons (Fsp3) is 0.970.